The van der Waals surface area contributed by atoms with Crippen LogP contribution in [0.1, 0.15) is 6.92 Å². The number of hydrogen-bond acceptors (Lipinski definition) is 0. The maximum Gasteiger partial charge on any atom is 1.00 e. The first kappa shape index (κ1) is 22.5. The average Bonchev–Trinajstić information content (AvgIpc) is 1.35. The molecule has 0 fully saturated rings. The fourth-order valence-electron chi connectivity index (χ4n) is 0. The van der Waals surface area contributed by atoms with Gasteiger partial charge in [0.15, 0.2) is 0 Å². The second-order valence-corrected chi connectivity index (χ2v) is 5.56. The van der Waals surface area contributed by atoms with Gasteiger partial charge in [-0.3, -0.25) is 0 Å². The summed E-state index contributed by atoms with van der Waals surface area (Å²) in [5.74, 6) is 0. The van der Waals surface area contributed by atoms with Gasteiger partial charge < -0.3 is 27.7 Å². The summed E-state index contributed by atoms with van der Waals surface area (Å²) in [7, 11) is -1.38. The van der Waals surface area contributed by atoms with Gasteiger partial charge >= 0.3 is 56.6 Å². The molecular formula is C5H11Li3Si. The zero-order valence-corrected chi connectivity index (χ0v) is 8.33. The van der Waals surface area contributed by atoms with Crippen LogP contribution in [0.3, 0.4) is 0 Å². The van der Waals surface area contributed by atoms with Gasteiger partial charge in [-0.15, -0.1) is 6.04 Å². The van der Waals surface area contributed by atoms with Crippen molar-refractivity contribution in [3.8, 4) is 0 Å². The van der Waals surface area contributed by atoms with Crippen molar-refractivity contribution in [2.45, 2.75) is 13.0 Å². The van der Waals surface area contributed by atoms with Crippen molar-refractivity contribution in [2.24, 2.45) is 0 Å². The van der Waals surface area contributed by atoms with E-state index in [-0.39, 0.29) is 56.6 Å². The van der Waals surface area contributed by atoms with Gasteiger partial charge in [-0.1, -0.05) is 6.92 Å². The van der Waals surface area contributed by atoms with Crippen LogP contribution in [0.15, 0.2) is 0 Å². The quantitative estimate of drug-likeness (QED) is 0.238. The van der Waals surface area contributed by atoms with E-state index in [1.807, 2.05) is 0 Å². The van der Waals surface area contributed by atoms with E-state index in [2.05, 4.69) is 26.6 Å². The predicted octanol–water partition coefficient (Wildman–Crippen LogP) is -7.41. The van der Waals surface area contributed by atoms with Crippen molar-refractivity contribution >= 4 is 8.07 Å². The molecule has 0 aromatic heterocycles. The third kappa shape index (κ3) is 25.6. The van der Waals surface area contributed by atoms with Crippen LogP contribution in [-0.4, -0.2) is 8.07 Å². The first-order valence-corrected chi connectivity index (χ1v) is 4.95. The van der Waals surface area contributed by atoms with Gasteiger partial charge in [-0.2, -0.15) is 0 Å². The second-order valence-electron chi connectivity index (χ2n) is 1.85. The molecule has 0 amide bonds. The molecule has 0 aromatic rings. The third-order valence-electron chi connectivity index (χ3n) is 0.750. The maximum absolute atomic E-state index is 3.81. The minimum absolute atomic E-state index is 0. The molecule has 0 aromatic carbocycles. The summed E-state index contributed by atoms with van der Waals surface area (Å²) in [5.41, 5.74) is 0. The molecule has 0 aliphatic heterocycles. The molecule has 0 heterocycles. The van der Waals surface area contributed by atoms with Crippen LogP contribution < -0.4 is 56.6 Å². The standard InChI is InChI=1S/C5H11Si.3Li/c1-5-6(2,3)4;;;/h2-5H2,1H3;;;/q-3;3*+1. The molecule has 0 N–H and O–H groups in total. The largest absolute Gasteiger partial charge is 1.00 e. The van der Waals surface area contributed by atoms with Gasteiger partial charge in [0.05, 0.1) is 0 Å². The predicted molar refractivity (Wildman–Crippen MR) is 32.3 cm³/mol. The molecule has 9 heavy (non-hydrogen) atoms. The van der Waals surface area contributed by atoms with Crippen molar-refractivity contribution in [1.29, 1.82) is 0 Å². The van der Waals surface area contributed by atoms with Crippen molar-refractivity contribution in [3.63, 3.8) is 0 Å². The first-order chi connectivity index (χ1) is 2.56. The molecule has 0 saturated heterocycles. The Morgan fingerprint density at radius 3 is 1.11 bits per heavy atom. The number of rotatable bonds is 1. The van der Waals surface area contributed by atoms with Crippen LogP contribution in [0.5, 0.6) is 0 Å². The summed E-state index contributed by atoms with van der Waals surface area (Å²) in [6.07, 6.45) is 0. The van der Waals surface area contributed by atoms with Crippen LogP contribution in [-0.2, 0) is 0 Å². The van der Waals surface area contributed by atoms with Gasteiger partial charge in [-0.25, -0.2) is 0 Å². The summed E-state index contributed by atoms with van der Waals surface area (Å²) in [6.45, 7) is 13.5. The van der Waals surface area contributed by atoms with Crippen LogP contribution in [0, 0.1) is 19.6 Å². The Morgan fingerprint density at radius 1 is 1.00 bits per heavy atom. The van der Waals surface area contributed by atoms with E-state index in [4.69, 9.17) is 0 Å². The van der Waals surface area contributed by atoms with E-state index in [1.165, 1.54) is 0 Å². The fourth-order valence-corrected chi connectivity index (χ4v) is 0. The monoisotopic (exact) mass is 120 g/mol. The summed E-state index contributed by atoms with van der Waals surface area (Å²) >= 11 is 0. The minimum atomic E-state index is -1.38. The van der Waals surface area contributed by atoms with Crippen LogP contribution in [0.2, 0.25) is 6.04 Å². The Labute approximate surface area is 96.5 Å². The smallest absolute Gasteiger partial charge is 0.414 e. The molecule has 38 valence electrons. The Hall–Kier alpha value is 2.01. The van der Waals surface area contributed by atoms with E-state index >= 15 is 0 Å². The molecule has 0 bridgehead atoms. The zero-order valence-electron chi connectivity index (χ0n) is 7.33. The summed E-state index contributed by atoms with van der Waals surface area (Å²) in [4.78, 5) is 0. The zero-order chi connectivity index (χ0) is 5.21. The molecule has 4 heteroatoms. The Balaban J connectivity index is -0.0000000417. The normalized spacial score (nSPS) is 8.00. The van der Waals surface area contributed by atoms with E-state index in [0.717, 1.165) is 6.04 Å². The fraction of sp³-hybridized carbons (Fsp3) is 0.400. The molecule has 0 spiro atoms. The molecule has 0 nitrogen and oxygen atoms in total. The molecular weight excluding hydrogens is 109 g/mol. The maximum atomic E-state index is 3.81. The Morgan fingerprint density at radius 2 is 1.11 bits per heavy atom. The molecule has 0 unspecified atom stereocenters. The first-order valence-electron chi connectivity index (χ1n) is 2.12. The van der Waals surface area contributed by atoms with Gasteiger partial charge in [0.2, 0.25) is 0 Å². The van der Waals surface area contributed by atoms with E-state index in [1.54, 1.807) is 0 Å². The SMILES string of the molecule is [CH2-][Si]([CH2-])([CH2-])CC.[Li+].[Li+].[Li+]. The van der Waals surface area contributed by atoms with Gasteiger partial charge in [0.25, 0.3) is 0 Å². The second kappa shape index (κ2) is 10.0. The third-order valence-corrected chi connectivity index (χ3v) is 2.25. The van der Waals surface area contributed by atoms with Gasteiger partial charge in [-0.05, 0) is 0 Å². The number of hydrogen-bond donors (Lipinski definition) is 0. The summed E-state index contributed by atoms with van der Waals surface area (Å²) < 4.78 is 0. The van der Waals surface area contributed by atoms with Crippen LogP contribution >= 0.6 is 0 Å². The summed E-state index contributed by atoms with van der Waals surface area (Å²) in [5, 5.41) is 0. The van der Waals surface area contributed by atoms with Crippen LogP contribution in [0.25, 0.3) is 0 Å². The summed E-state index contributed by atoms with van der Waals surface area (Å²) in [6, 6.07) is 1.08. The molecule has 0 aliphatic carbocycles. The van der Waals surface area contributed by atoms with E-state index in [9.17, 15) is 0 Å². The van der Waals surface area contributed by atoms with Crippen LogP contribution in [0.4, 0.5) is 0 Å². The van der Waals surface area contributed by atoms with Gasteiger partial charge in [0.1, 0.15) is 0 Å². The van der Waals surface area contributed by atoms with E-state index in [0.29, 0.717) is 0 Å². The van der Waals surface area contributed by atoms with Crippen molar-refractivity contribution in [2.75, 3.05) is 0 Å². The average molecular weight is 120 g/mol. The topological polar surface area (TPSA) is 0 Å². The molecule has 0 atom stereocenters. The molecule has 0 radical (unpaired) electrons. The minimum Gasteiger partial charge on any atom is -0.414 e. The Bertz CT molecular complexity index is 42.0. The molecule has 0 rings (SSSR count). The van der Waals surface area contributed by atoms with Crippen molar-refractivity contribution < 1.29 is 56.6 Å². The van der Waals surface area contributed by atoms with Gasteiger partial charge in [0, 0.05) is 0 Å². The Kier molecular flexibility index (Phi) is 25.0. The van der Waals surface area contributed by atoms with Crippen molar-refractivity contribution in [1.82, 2.24) is 0 Å². The van der Waals surface area contributed by atoms with E-state index < -0.39 is 8.07 Å². The molecule has 0 aliphatic rings. The molecule has 0 saturated carbocycles. The van der Waals surface area contributed by atoms with Crippen molar-refractivity contribution in [3.05, 3.63) is 19.6 Å².